The summed E-state index contributed by atoms with van der Waals surface area (Å²) in [6.45, 7) is 2.51. The lowest BCUT2D eigenvalue weighted by Crippen LogP contribution is -2.19. The molecule has 0 fully saturated rings. The lowest BCUT2D eigenvalue weighted by molar-refractivity contribution is 0.395. The zero-order chi connectivity index (χ0) is 23.8. The Bertz CT molecular complexity index is 1390. The number of halogens is 3. The van der Waals surface area contributed by atoms with Gasteiger partial charge in [-0.05, 0) is 50.1 Å². The monoisotopic (exact) mass is 466 g/mol. The summed E-state index contributed by atoms with van der Waals surface area (Å²) in [4.78, 5) is 13.3. The van der Waals surface area contributed by atoms with Gasteiger partial charge in [0, 0.05) is 24.2 Å². The van der Waals surface area contributed by atoms with Crippen LogP contribution in [0.3, 0.4) is 0 Å². The average Bonchev–Trinajstić information content (AvgIpc) is 3.47. The summed E-state index contributed by atoms with van der Waals surface area (Å²) in [7, 11) is 1.55. The first-order valence-corrected chi connectivity index (χ1v) is 10.8. The van der Waals surface area contributed by atoms with Crippen LogP contribution in [0.15, 0.2) is 36.8 Å². The number of rotatable bonds is 5. The molecule has 10 heteroatoms. The van der Waals surface area contributed by atoms with Crippen LogP contribution in [0, 0.1) is 24.4 Å². The fourth-order valence-electron chi connectivity index (χ4n) is 4.14. The number of aryl methyl sites for hydroxylation is 2. The molecule has 7 nitrogen and oxygen atoms in total. The molecule has 4 heterocycles. The van der Waals surface area contributed by atoms with Gasteiger partial charge >= 0.3 is 0 Å². The van der Waals surface area contributed by atoms with Crippen molar-refractivity contribution >= 4 is 12.2 Å². The van der Waals surface area contributed by atoms with E-state index < -0.39 is 23.4 Å². The van der Waals surface area contributed by atoms with Crippen LogP contribution >= 0.6 is 0 Å². The average molecular weight is 466 g/mol. The summed E-state index contributed by atoms with van der Waals surface area (Å²) in [6.07, 6.45) is 8.30. The topological polar surface area (TPSA) is 70.7 Å². The number of ether oxygens (including phenoxy) is 1. The zero-order valence-electron chi connectivity index (χ0n) is 18.5. The van der Waals surface area contributed by atoms with Gasteiger partial charge in [0.25, 0.3) is 0 Å². The van der Waals surface area contributed by atoms with E-state index in [4.69, 9.17) is 4.74 Å². The summed E-state index contributed by atoms with van der Waals surface area (Å²) in [5.41, 5.74) is 2.35. The van der Waals surface area contributed by atoms with Gasteiger partial charge in [0.05, 0.1) is 24.8 Å². The summed E-state index contributed by atoms with van der Waals surface area (Å²) in [5, 5.41) is 4.48. The largest absolute Gasteiger partial charge is 0.479 e. The van der Waals surface area contributed by atoms with E-state index in [2.05, 4.69) is 20.1 Å². The molecule has 1 atom stereocenters. The maximum Gasteiger partial charge on any atom is 0.238 e. The lowest BCUT2D eigenvalue weighted by atomic mass is 9.90. The Morgan fingerprint density at radius 1 is 1.06 bits per heavy atom. The molecule has 0 bridgehead atoms. The molecule has 4 aromatic rings. The van der Waals surface area contributed by atoms with E-state index in [9.17, 15) is 13.2 Å². The third-order valence-corrected chi connectivity index (χ3v) is 5.78. The molecule has 34 heavy (non-hydrogen) atoms. The van der Waals surface area contributed by atoms with Gasteiger partial charge in [0.1, 0.15) is 11.5 Å². The van der Waals surface area contributed by atoms with Crippen molar-refractivity contribution in [2.24, 2.45) is 0 Å². The quantitative estimate of drug-likeness (QED) is 0.399. The minimum Gasteiger partial charge on any atom is -0.479 e. The van der Waals surface area contributed by atoms with Crippen molar-refractivity contribution in [2.45, 2.75) is 32.2 Å². The van der Waals surface area contributed by atoms with Crippen LogP contribution < -0.4 is 4.74 Å². The number of benzene rings is 1. The highest BCUT2D eigenvalue weighted by Gasteiger charge is 2.29. The van der Waals surface area contributed by atoms with Crippen LogP contribution in [0.25, 0.3) is 17.8 Å². The first-order chi connectivity index (χ1) is 16.4. The normalized spacial score (nSPS) is 15.6. The van der Waals surface area contributed by atoms with E-state index >= 15 is 0 Å². The van der Waals surface area contributed by atoms with Crippen LogP contribution in [-0.4, -0.2) is 36.4 Å². The molecule has 1 aliphatic rings. The lowest BCUT2D eigenvalue weighted by Gasteiger charge is -2.22. The zero-order valence-corrected chi connectivity index (χ0v) is 18.5. The first kappa shape index (κ1) is 21.9. The van der Waals surface area contributed by atoms with Gasteiger partial charge in [-0.2, -0.15) is 5.10 Å². The minimum atomic E-state index is -1.47. The Balaban J connectivity index is 1.43. The van der Waals surface area contributed by atoms with Crippen molar-refractivity contribution in [2.75, 3.05) is 7.11 Å². The molecule has 3 aromatic heterocycles. The maximum atomic E-state index is 14.4. The third kappa shape index (κ3) is 3.95. The molecule has 0 amide bonds. The Hall–Kier alpha value is -3.95. The highest BCUT2D eigenvalue weighted by Crippen LogP contribution is 2.34. The minimum absolute atomic E-state index is 0.0829. The van der Waals surface area contributed by atoms with Gasteiger partial charge in [-0.25, -0.2) is 32.8 Å². The molecule has 0 N–H and O–H groups in total. The van der Waals surface area contributed by atoms with Gasteiger partial charge in [0.2, 0.25) is 5.88 Å². The van der Waals surface area contributed by atoms with E-state index in [0.717, 1.165) is 23.9 Å². The van der Waals surface area contributed by atoms with Gasteiger partial charge in [-0.15, -0.1) is 0 Å². The molecule has 0 unspecified atom stereocenters. The van der Waals surface area contributed by atoms with Crippen LogP contribution in [-0.2, 0) is 6.54 Å². The van der Waals surface area contributed by atoms with Crippen molar-refractivity contribution in [1.29, 1.82) is 0 Å². The molecule has 0 aliphatic carbocycles. The summed E-state index contributed by atoms with van der Waals surface area (Å²) >= 11 is 0. The Kier molecular flexibility index (Phi) is 5.64. The number of fused-ring (bicyclic) bond motifs is 1. The SMILES string of the molecule is COc1nc(C=Cc2nc3n(n2)CCC[C@H]3c2ccc(F)c(F)c2F)ccc1-n1cnc(C)c1. The summed E-state index contributed by atoms with van der Waals surface area (Å²) in [5.74, 6) is -2.99. The van der Waals surface area contributed by atoms with E-state index in [1.807, 2.05) is 29.8 Å². The van der Waals surface area contributed by atoms with E-state index in [1.165, 1.54) is 6.07 Å². The summed E-state index contributed by atoms with van der Waals surface area (Å²) in [6, 6.07) is 5.93. The second-order valence-corrected chi connectivity index (χ2v) is 8.03. The molecular formula is C24H21F3N6O. The Morgan fingerprint density at radius 2 is 1.91 bits per heavy atom. The predicted octanol–water partition coefficient (Wildman–Crippen LogP) is 4.69. The van der Waals surface area contributed by atoms with Crippen LogP contribution in [0.5, 0.6) is 5.88 Å². The molecule has 0 radical (unpaired) electrons. The number of hydrogen-bond donors (Lipinski definition) is 0. The fourth-order valence-corrected chi connectivity index (χ4v) is 4.14. The second kappa shape index (κ2) is 8.77. The van der Waals surface area contributed by atoms with Gasteiger partial charge in [0.15, 0.2) is 23.3 Å². The molecule has 0 spiro atoms. The molecule has 1 aliphatic heterocycles. The van der Waals surface area contributed by atoms with Crippen molar-refractivity contribution in [1.82, 2.24) is 29.3 Å². The number of methoxy groups -OCH3 is 1. The van der Waals surface area contributed by atoms with E-state index in [-0.39, 0.29) is 5.56 Å². The smallest absolute Gasteiger partial charge is 0.238 e. The van der Waals surface area contributed by atoms with Gasteiger partial charge < -0.3 is 9.30 Å². The van der Waals surface area contributed by atoms with E-state index in [1.54, 1.807) is 30.3 Å². The van der Waals surface area contributed by atoms with Crippen molar-refractivity contribution < 1.29 is 17.9 Å². The van der Waals surface area contributed by atoms with Crippen LogP contribution in [0.1, 0.15) is 47.4 Å². The molecule has 0 saturated carbocycles. The molecular weight excluding hydrogens is 445 g/mol. The second-order valence-electron chi connectivity index (χ2n) is 8.03. The van der Waals surface area contributed by atoms with Gasteiger partial charge in [-0.3, -0.25) is 0 Å². The molecule has 0 saturated heterocycles. The number of hydrogen-bond acceptors (Lipinski definition) is 5. The Labute approximate surface area is 193 Å². The van der Waals surface area contributed by atoms with Crippen LogP contribution in [0.2, 0.25) is 0 Å². The number of nitrogens with zero attached hydrogens (tertiary/aromatic N) is 6. The number of imidazole rings is 1. The predicted molar refractivity (Wildman–Crippen MR) is 119 cm³/mol. The molecule has 174 valence electrons. The van der Waals surface area contributed by atoms with E-state index in [0.29, 0.717) is 36.2 Å². The third-order valence-electron chi connectivity index (χ3n) is 5.78. The summed E-state index contributed by atoms with van der Waals surface area (Å²) < 4.78 is 50.6. The number of pyridine rings is 1. The molecule has 5 rings (SSSR count). The fraction of sp³-hybridized carbons (Fsp3) is 0.250. The molecule has 1 aromatic carbocycles. The standard InChI is InChI=1S/C24H21F3N6O/c1-14-12-32(13-28-14)19-9-5-15(29-24(19)34-2)6-10-20-30-23-17(4-3-11-33(23)31-20)16-7-8-18(25)22(27)21(16)26/h5-10,12-13,17H,3-4,11H2,1-2H3/t17-/m0/s1. The van der Waals surface area contributed by atoms with Gasteiger partial charge in [-0.1, -0.05) is 6.07 Å². The first-order valence-electron chi connectivity index (χ1n) is 10.8. The Morgan fingerprint density at radius 3 is 2.68 bits per heavy atom. The van der Waals surface area contributed by atoms with Crippen molar-refractivity contribution in [3.63, 3.8) is 0 Å². The van der Waals surface area contributed by atoms with Crippen LogP contribution in [0.4, 0.5) is 13.2 Å². The maximum absolute atomic E-state index is 14.4. The van der Waals surface area contributed by atoms with Crippen molar-refractivity contribution in [3.05, 3.63) is 82.8 Å². The van der Waals surface area contributed by atoms with Crippen molar-refractivity contribution in [3.8, 4) is 11.6 Å². The highest BCUT2D eigenvalue weighted by atomic mass is 19.2. The highest BCUT2D eigenvalue weighted by molar-refractivity contribution is 5.65. The number of aromatic nitrogens is 6.